The van der Waals surface area contributed by atoms with E-state index < -0.39 is 17.8 Å². The number of hydrogen-bond donors (Lipinski definition) is 3. The lowest BCUT2D eigenvalue weighted by molar-refractivity contribution is -0.141. The van der Waals surface area contributed by atoms with Crippen molar-refractivity contribution in [3.8, 4) is 11.1 Å². The number of nitrogens with zero attached hydrogens (tertiary/aromatic N) is 3. The summed E-state index contributed by atoms with van der Waals surface area (Å²) in [5, 5.41) is 14.5. The van der Waals surface area contributed by atoms with Crippen molar-refractivity contribution in [1.82, 2.24) is 15.0 Å². The molecule has 2 heterocycles. The van der Waals surface area contributed by atoms with Gasteiger partial charge >= 0.3 is 12.1 Å². The SMILES string of the molecule is Cc1cc(Nc2nccc(C(F)(F)F)n2)cc(-c2ccc(NCCCC(=O)O)nc2)c1. The molecular formula is C21H20F3N5O2. The van der Waals surface area contributed by atoms with Crippen LogP contribution in [0.5, 0.6) is 0 Å². The number of aryl methyl sites for hydroxylation is 1. The van der Waals surface area contributed by atoms with Crippen LogP contribution < -0.4 is 10.6 Å². The molecule has 3 aromatic rings. The molecule has 0 unspecified atom stereocenters. The first-order chi connectivity index (χ1) is 14.7. The van der Waals surface area contributed by atoms with Gasteiger partial charge in [-0.1, -0.05) is 6.07 Å². The second-order valence-corrected chi connectivity index (χ2v) is 6.83. The number of aromatic nitrogens is 3. The minimum Gasteiger partial charge on any atom is -0.481 e. The Labute approximate surface area is 176 Å². The Morgan fingerprint density at radius 2 is 1.90 bits per heavy atom. The Hall–Kier alpha value is -3.69. The van der Waals surface area contributed by atoms with E-state index in [1.54, 1.807) is 24.4 Å². The molecule has 31 heavy (non-hydrogen) atoms. The second-order valence-electron chi connectivity index (χ2n) is 6.83. The number of halogens is 3. The van der Waals surface area contributed by atoms with Crippen LogP contribution >= 0.6 is 0 Å². The minimum absolute atomic E-state index is 0.0831. The Balaban J connectivity index is 1.73. The van der Waals surface area contributed by atoms with Crippen LogP contribution in [0.15, 0.2) is 48.8 Å². The highest BCUT2D eigenvalue weighted by Gasteiger charge is 2.32. The Bertz CT molecular complexity index is 1060. The molecule has 0 spiro atoms. The Kier molecular flexibility index (Phi) is 6.68. The molecular weight excluding hydrogens is 411 g/mol. The van der Waals surface area contributed by atoms with Crippen molar-refractivity contribution in [2.75, 3.05) is 17.2 Å². The first-order valence-corrected chi connectivity index (χ1v) is 9.42. The molecule has 0 radical (unpaired) electrons. The molecule has 0 amide bonds. The maximum absolute atomic E-state index is 12.9. The Morgan fingerprint density at radius 3 is 2.58 bits per heavy atom. The predicted molar refractivity (Wildman–Crippen MR) is 110 cm³/mol. The number of carboxylic acid groups (broad SMARTS) is 1. The van der Waals surface area contributed by atoms with Crippen molar-refractivity contribution in [2.45, 2.75) is 25.9 Å². The smallest absolute Gasteiger partial charge is 0.433 e. The van der Waals surface area contributed by atoms with E-state index in [9.17, 15) is 18.0 Å². The van der Waals surface area contributed by atoms with Crippen molar-refractivity contribution < 1.29 is 23.1 Å². The number of rotatable bonds is 8. The van der Waals surface area contributed by atoms with Gasteiger partial charge < -0.3 is 15.7 Å². The molecule has 7 nitrogen and oxygen atoms in total. The molecule has 3 rings (SSSR count). The lowest BCUT2D eigenvalue weighted by atomic mass is 10.0. The van der Waals surface area contributed by atoms with Crippen LogP contribution in [0, 0.1) is 6.92 Å². The zero-order chi connectivity index (χ0) is 22.4. The van der Waals surface area contributed by atoms with E-state index in [1.165, 1.54) is 0 Å². The standard InChI is InChI=1S/C21H20F3N5O2/c1-13-9-15(14-4-5-18(27-12-14)25-7-2-3-19(30)31)11-16(10-13)28-20-26-8-6-17(29-20)21(22,23)24/h4-6,8-12H,2-3,7H2,1H3,(H,25,27)(H,30,31)(H,26,28,29). The van der Waals surface area contributed by atoms with Gasteiger partial charge in [0.2, 0.25) is 5.95 Å². The number of benzene rings is 1. The predicted octanol–water partition coefficient (Wildman–Crippen LogP) is 4.89. The van der Waals surface area contributed by atoms with Gasteiger partial charge in [0.05, 0.1) is 0 Å². The van der Waals surface area contributed by atoms with Gasteiger partial charge in [-0.2, -0.15) is 13.2 Å². The molecule has 3 N–H and O–H groups in total. The third kappa shape index (κ3) is 6.39. The summed E-state index contributed by atoms with van der Waals surface area (Å²) >= 11 is 0. The third-order valence-corrected chi connectivity index (χ3v) is 4.25. The Morgan fingerprint density at radius 1 is 1.10 bits per heavy atom. The van der Waals surface area contributed by atoms with Crippen molar-refractivity contribution in [3.05, 3.63) is 60.0 Å². The molecule has 0 aliphatic carbocycles. The molecule has 0 aliphatic rings. The quantitative estimate of drug-likeness (QED) is 0.437. The summed E-state index contributed by atoms with van der Waals surface area (Å²) in [6.07, 6.45) is -1.25. The number of aliphatic carboxylic acids is 1. The van der Waals surface area contributed by atoms with Gasteiger partial charge in [-0.25, -0.2) is 15.0 Å². The summed E-state index contributed by atoms with van der Waals surface area (Å²) in [4.78, 5) is 22.2. The summed E-state index contributed by atoms with van der Waals surface area (Å²) in [5.74, 6) is -0.368. The molecule has 0 saturated carbocycles. The van der Waals surface area contributed by atoms with Gasteiger partial charge in [0.15, 0.2) is 0 Å². The highest BCUT2D eigenvalue weighted by molar-refractivity contribution is 5.71. The van der Waals surface area contributed by atoms with E-state index >= 15 is 0 Å². The van der Waals surface area contributed by atoms with Gasteiger partial charge in [0.25, 0.3) is 0 Å². The van der Waals surface area contributed by atoms with Crippen LogP contribution in [0.3, 0.4) is 0 Å². The molecule has 0 saturated heterocycles. The average Bonchev–Trinajstić information content (AvgIpc) is 2.71. The summed E-state index contributed by atoms with van der Waals surface area (Å²) in [6.45, 7) is 2.36. The molecule has 10 heteroatoms. The van der Waals surface area contributed by atoms with E-state index in [-0.39, 0.29) is 12.4 Å². The second kappa shape index (κ2) is 9.41. The number of hydrogen-bond acceptors (Lipinski definition) is 6. The summed E-state index contributed by atoms with van der Waals surface area (Å²) in [7, 11) is 0. The highest BCUT2D eigenvalue weighted by Crippen LogP contribution is 2.29. The summed E-state index contributed by atoms with van der Waals surface area (Å²) < 4.78 is 38.6. The average molecular weight is 431 g/mol. The first kappa shape index (κ1) is 22.0. The van der Waals surface area contributed by atoms with Crippen molar-refractivity contribution in [3.63, 3.8) is 0 Å². The fraction of sp³-hybridized carbons (Fsp3) is 0.238. The van der Waals surface area contributed by atoms with Crippen molar-refractivity contribution in [2.24, 2.45) is 0 Å². The number of carbonyl (C=O) groups is 1. The van der Waals surface area contributed by atoms with Gasteiger partial charge in [-0.15, -0.1) is 0 Å². The maximum atomic E-state index is 12.9. The van der Waals surface area contributed by atoms with E-state index in [1.807, 2.05) is 19.1 Å². The number of nitrogens with one attached hydrogen (secondary N) is 2. The minimum atomic E-state index is -4.55. The molecule has 0 bridgehead atoms. The monoisotopic (exact) mass is 431 g/mol. The molecule has 2 aromatic heterocycles. The lowest BCUT2D eigenvalue weighted by Crippen LogP contribution is -2.10. The number of carboxylic acids is 1. The third-order valence-electron chi connectivity index (χ3n) is 4.25. The van der Waals surface area contributed by atoms with Crippen LogP contribution in [0.2, 0.25) is 0 Å². The topological polar surface area (TPSA) is 100 Å². The van der Waals surface area contributed by atoms with Crippen LogP contribution in [-0.2, 0) is 11.0 Å². The van der Waals surface area contributed by atoms with E-state index in [4.69, 9.17) is 5.11 Å². The number of anilines is 3. The zero-order valence-corrected chi connectivity index (χ0v) is 16.6. The number of alkyl halides is 3. The molecule has 162 valence electrons. The van der Waals surface area contributed by atoms with E-state index in [0.717, 1.165) is 29.0 Å². The number of pyridine rings is 1. The van der Waals surface area contributed by atoms with Crippen LogP contribution in [0.1, 0.15) is 24.1 Å². The molecule has 0 fully saturated rings. The first-order valence-electron chi connectivity index (χ1n) is 9.42. The largest absolute Gasteiger partial charge is 0.481 e. The highest BCUT2D eigenvalue weighted by atomic mass is 19.4. The fourth-order valence-corrected chi connectivity index (χ4v) is 2.85. The zero-order valence-electron chi connectivity index (χ0n) is 16.6. The van der Waals surface area contributed by atoms with Crippen molar-refractivity contribution >= 4 is 23.4 Å². The van der Waals surface area contributed by atoms with Crippen LogP contribution in [-0.4, -0.2) is 32.6 Å². The van der Waals surface area contributed by atoms with Crippen LogP contribution in [0.25, 0.3) is 11.1 Å². The van der Waals surface area contributed by atoms with Gasteiger partial charge in [0.1, 0.15) is 11.5 Å². The normalized spacial score (nSPS) is 11.2. The van der Waals surface area contributed by atoms with Crippen molar-refractivity contribution in [1.29, 1.82) is 0 Å². The molecule has 0 atom stereocenters. The van der Waals surface area contributed by atoms with Gasteiger partial charge in [-0.3, -0.25) is 4.79 Å². The van der Waals surface area contributed by atoms with E-state index in [2.05, 4.69) is 25.6 Å². The summed E-state index contributed by atoms with van der Waals surface area (Å²) in [5.41, 5.74) is 2.05. The van der Waals surface area contributed by atoms with Gasteiger partial charge in [-0.05, 0) is 54.8 Å². The lowest BCUT2D eigenvalue weighted by Gasteiger charge is -2.11. The fourth-order valence-electron chi connectivity index (χ4n) is 2.85. The molecule has 0 aliphatic heterocycles. The molecule has 1 aromatic carbocycles. The summed E-state index contributed by atoms with van der Waals surface area (Å²) in [6, 6.07) is 9.92. The van der Waals surface area contributed by atoms with Gasteiger partial charge in [0, 0.05) is 36.6 Å². The maximum Gasteiger partial charge on any atom is 0.433 e. The van der Waals surface area contributed by atoms with Crippen LogP contribution in [0.4, 0.5) is 30.6 Å². The van der Waals surface area contributed by atoms with E-state index in [0.29, 0.717) is 24.5 Å².